The molecule has 0 aliphatic carbocycles. The van der Waals surface area contributed by atoms with Gasteiger partial charge in [-0.3, -0.25) is 4.99 Å². The van der Waals surface area contributed by atoms with Crippen molar-refractivity contribution in [1.82, 2.24) is 0 Å². The Morgan fingerprint density at radius 1 is 0.792 bits per heavy atom. The molecule has 0 aliphatic rings. The largest absolute Gasteiger partial charge is 0.494 e. The van der Waals surface area contributed by atoms with Crippen LogP contribution in [-0.4, -0.2) is 41.2 Å². The van der Waals surface area contributed by atoms with E-state index >= 15 is 0 Å². The maximum Gasteiger partial charge on any atom is 0.148 e. The number of anilines is 1. The maximum absolute atomic E-state index is 5.35. The smallest absolute Gasteiger partial charge is 0.148 e. The molecule has 1 N–H and O–H groups in total. The van der Waals surface area contributed by atoms with Gasteiger partial charge in [0.2, 0.25) is 0 Å². The van der Waals surface area contributed by atoms with Crippen molar-refractivity contribution in [3.05, 3.63) is 36.4 Å². The van der Waals surface area contributed by atoms with Crippen LogP contribution in [-0.2, 0) is 0 Å². The molecule has 0 aliphatic heterocycles. The molecule has 0 bridgehead atoms. The monoisotopic (exact) mass is 330 g/mol. The first-order valence-electron chi connectivity index (χ1n) is 7.43. The quantitative estimate of drug-likeness (QED) is 0.750. The Balaban J connectivity index is 2.14. The van der Waals surface area contributed by atoms with E-state index < -0.39 is 0 Å². The van der Waals surface area contributed by atoms with Crippen molar-refractivity contribution in [3.63, 3.8) is 0 Å². The summed E-state index contributed by atoms with van der Waals surface area (Å²) in [4.78, 5) is 4.45. The number of aliphatic imine (C=N–C) groups is 1. The van der Waals surface area contributed by atoms with Crippen LogP contribution in [0, 0.1) is 0 Å². The summed E-state index contributed by atoms with van der Waals surface area (Å²) in [5, 5.41) is 3.25. The highest BCUT2D eigenvalue weighted by Crippen LogP contribution is 2.37. The minimum absolute atomic E-state index is 0.484. The van der Waals surface area contributed by atoms with Crippen molar-refractivity contribution < 1.29 is 18.9 Å². The summed E-state index contributed by atoms with van der Waals surface area (Å²) in [7, 11) is 6.44. The zero-order chi connectivity index (χ0) is 17.4. The molecule has 0 saturated heterocycles. The third-order valence-corrected chi connectivity index (χ3v) is 3.42. The van der Waals surface area contributed by atoms with E-state index in [0.717, 1.165) is 5.69 Å². The number of nitrogens with zero attached hydrogens (tertiary/aromatic N) is 1. The van der Waals surface area contributed by atoms with Crippen molar-refractivity contribution in [3.8, 4) is 23.0 Å². The second-order valence-electron chi connectivity index (χ2n) is 4.74. The van der Waals surface area contributed by atoms with E-state index in [4.69, 9.17) is 18.9 Å². The molecule has 0 fully saturated rings. The highest BCUT2D eigenvalue weighted by atomic mass is 16.5. The van der Waals surface area contributed by atoms with Crippen LogP contribution in [0.5, 0.6) is 23.0 Å². The molecular formula is C18H22N2O4. The summed E-state index contributed by atoms with van der Waals surface area (Å²) in [5.74, 6) is 2.72. The van der Waals surface area contributed by atoms with Crippen molar-refractivity contribution >= 4 is 17.6 Å². The first-order valence-corrected chi connectivity index (χ1v) is 7.43. The van der Waals surface area contributed by atoms with Gasteiger partial charge in [0.25, 0.3) is 0 Å². The van der Waals surface area contributed by atoms with E-state index in [9.17, 15) is 0 Å². The normalized spacial score (nSPS) is 10.5. The first kappa shape index (κ1) is 17.5. The van der Waals surface area contributed by atoms with Gasteiger partial charge in [0.15, 0.2) is 0 Å². The molecule has 6 heteroatoms. The summed E-state index contributed by atoms with van der Waals surface area (Å²) in [6, 6.07) is 11.1. The van der Waals surface area contributed by atoms with Crippen molar-refractivity contribution in [2.75, 3.05) is 40.3 Å². The van der Waals surface area contributed by atoms with Crippen LogP contribution >= 0.6 is 0 Å². The summed E-state index contributed by atoms with van der Waals surface area (Å²) < 4.78 is 21.3. The second kappa shape index (κ2) is 8.67. The Bertz CT molecular complexity index is 657. The SMILES string of the molecule is COc1cccc(OC)c1N=CCNc1c(OC)cccc1OC. The standard InChI is InChI=1S/C18H22N2O4/c1-21-13-7-5-8-14(22-2)17(13)19-11-12-20-18-15(23-3)9-6-10-16(18)24-4/h5-11,20H,12H2,1-4H3. The van der Waals surface area contributed by atoms with Crippen LogP contribution in [0.2, 0.25) is 0 Å². The lowest BCUT2D eigenvalue weighted by Crippen LogP contribution is -2.05. The number of nitrogens with one attached hydrogen (secondary N) is 1. The fourth-order valence-electron chi connectivity index (χ4n) is 2.27. The molecule has 0 amide bonds. The summed E-state index contributed by atoms with van der Waals surface area (Å²) >= 11 is 0. The number of ether oxygens (including phenoxy) is 4. The molecule has 0 spiro atoms. The van der Waals surface area contributed by atoms with Gasteiger partial charge in [-0.2, -0.15) is 0 Å². The Kier molecular flexibility index (Phi) is 6.31. The first-order chi connectivity index (χ1) is 11.7. The zero-order valence-electron chi connectivity index (χ0n) is 14.3. The second-order valence-corrected chi connectivity index (χ2v) is 4.74. The lowest BCUT2D eigenvalue weighted by atomic mass is 10.2. The Hall–Kier alpha value is -2.89. The minimum atomic E-state index is 0.484. The van der Waals surface area contributed by atoms with E-state index in [-0.39, 0.29) is 0 Å². The average Bonchev–Trinajstić information content (AvgIpc) is 2.64. The van der Waals surface area contributed by atoms with Crippen LogP contribution in [0.4, 0.5) is 11.4 Å². The van der Waals surface area contributed by atoms with Gasteiger partial charge in [-0.15, -0.1) is 0 Å². The lowest BCUT2D eigenvalue weighted by molar-refractivity contribution is 0.397. The van der Waals surface area contributed by atoms with Crippen LogP contribution in [0.3, 0.4) is 0 Å². The number of hydrogen-bond donors (Lipinski definition) is 1. The fraction of sp³-hybridized carbons (Fsp3) is 0.278. The third kappa shape index (κ3) is 3.90. The summed E-state index contributed by atoms with van der Waals surface area (Å²) in [6.45, 7) is 0.484. The predicted molar refractivity (Wildman–Crippen MR) is 95.7 cm³/mol. The topological polar surface area (TPSA) is 61.3 Å². The molecular weight excluding hydrogens is 308 g/mol. The van der Waals surface area contributed by atoms with Crippen molar-refractivity contribution in [1.29, 1.82) is 0 Å². The van der Waals surface area contributed by atoms with Gasteiger partial charge < -0.3 is 24.3 Å². The minimum Gasteiger partial charge on any atom is -0.494 e. The third-order valence-electron chi connectivity index (χ3n) is 3.42. The van der Waals surface area contributed by atoms with E-state index in [1.54, 1.807) is 34.7 Å². The lowest BCUT2D eigenvalue weighted by Gasteiger charge is -2.13. The number of benzene rings is 2. The summed E-state index contributed by atoms with van der Waals surface area (Å²) in [5.41, 5.74) is 1.43. The molecule has 128 valence electrons. The molecule has 2 aromatic carbocycles. The molecule has 6 nitrogen and oxygen atoms in total. The van der Waals surface area contributed by atoms with Gasteiger partial charge in [-0.05, 0) is 24.3 Å². The molecule has 0 heterocycles. The fourth-order valence-corrected chi connectivity index (χ4v) is 2.27. The van der Waals surface area contributed by atoms with Crippen molar-refractivity contribution in [2.24, 2.45) is 4.99 Å². The molecule has 2 aromatic rings. The van der Waals surface area contributed by atoms with Gasteiger partial charge in [-0.25, -0.2) is 0 Å². The number of rotatable bonds is 8. The summed E-state index contributed by atoms with van der Waals surface area (Å²) in [6.07, 6.45) is 1.74. The molecule has 2 rings (SSSR count). The Labute approximate surface area is 142 Å². The van der Waals surface area contributed by atoms with Crippen LogP contribution < -0.4 is 24.3 Å². The Morgan fingerprint density at radius 3 is 1.71 bits per heavy atom. The number of hydrogen-bond acceptors (Lipinski definition) is 6. The Morgan fingerprint density at radius 2 is 1.25 bits per heavy atom. The van der Waals surface area contributed by atoms with Crippen LogP contribution in [0.1, 0.15) is 0 Å². The van der Waals surface area contributed by atoms with E-state index in [0.29, 0.717) is 35.2 Å². The van der Waals surface area contributed by atoms with Gasteiger partial charge in [0, 0.05) is 6.21 Å². The average molecular weight is 330 g/mol. The van der Waals surface area contributed by atoms with Crippen molar-refractivity contribution in [2.45, 2.75) is 0 Å². The number of methoxy groups -OCH3 is 4. The van der Waals surface area contributed by atoms with Crippen LogP contribution in [0.25, 0.3) is 0 Å². The molecule has 0 saturated carbocycles. The molecule has 0 radical (unpaired) electrons. The molecule has 0 unspecified atom stereocenters. The predicted octanol–water partition coefficient (Wildman–Crippen LogP) is 3.54. The number of para-hydroxylation sites is 2. The highest BCUT2D eigenvalue weighted by molar-refractivity contribution is 5.76. The van der Waals surface area contributed by atoms with Gasteiger partial charge in [0.05, 0.1) is 35.0 Å². The van der Waals surface area contributed by atoms with E-state index in [2.05, 4.69) is 10.3 Å². The van der Waals surface area contributed by atoms with E-state index in [1.165, 1.54) is 0 Å². The van der Waals surface area contributed by atoms with Gasteiger partial charge in [-0.1, -0.05) is 12.1 Å². The molecule has 0 atom stereocenters. The van der Waals surface area contributed by atoms with Crippen LogP contribution in [0.15, 0.2) is 41.4 Å². The zero-order valence-corrected chi connectivity index (χ0v) is 14.3. The molecule has 24 heavy (non-hydrogen) atoms. The highest BCUT2D eigenvalue weighted by Gasteiger charge is 2.09. The van der Waals surface area contributed by atoms with Gasteiger partial charge in [0.1, 0.15) is 34.4 Å². The van der Waals surface area contributed by atoms with Gasteiger partial charge >= 0.3 is 0 Å². The molecule has 0 aromatic heterocycles. The van der Waals surface area contributed by atoms with E-state index in [1.807, 2.05) is 36.4 Å². The maximum atomic E-state index is 5.35.